The molecule has 0 saturated heterocycles. The first-order valence-corrected chi connectivity index (χ1v) is 14.9. The second-order valence-electron chi connectivity index (χ2n) is 14.1. The first-order valence-electron chi connectivity index (χ1n) is 14.9. The average Bonchev–Trinajstić information content (AvgIpc) is 2.84. The Hall–Kier alpha value is -3.26. The van der Waals surface area contributed by atoms with Gasteiger partial charge in [0.25, 0.3) is 0 Å². The average molecular weight is 581 g/mol. The highest BCUT2D eigenvalue weighted by atomic mass is 16.3. The summed E-state index contributed by atoms with van der Waals surface area (Å²) in [5.41, 5.74) is -3.86. The minimum absolute atomic E-state index is 0.0200. The molecule has 0 amide bonds. The molecule has 4 N–H and O–H groups in total. The van der Waals surface area contributed by atoms with Crippen LogP contribution in [0.3, 0.4) is 0 Å². The number of ketones is 4. The zero-order valence-corrected chi connectivity index (χ0v) is 26.1. The fraction of sp³-hybridized carbons (Fsp3) is 0.588. The first-order chi connectivity index (χ1) is 19.3. The molecule has 0 aliphatic heterocycles. The molecule has 1 saturated carbocycles. The number of Topliss-reactive ketones (excluding diaryl/α,β-unsaturated/α-hetero) is 4. The van der Waals surface area contributed by atoms with Gasteiger partial charge in [0, 0.05) is 34.7 Å². The number of aliphatic hydroxyl groups is 3. The lowest BCUT2D eigenvalue weighted by Crippen LogP contribution is -2.69. The van der Waals surface area contributed by atoms with Gasteiger partial charge in [-0.3, -0.25) is 19.2 Å². The number of phenols is 1. The SMILES string of the molecule is CC(=O)C1=C(O)[C@]2(O)C(=O)C3=C(O)c4c(O)c(CCC(=O)C(C)C)cc(C(C)C)c4C[C@]3(C)C[C@]2(C)C(C(C)C)C1=O. The minimum Gasteiger partial charge on any atom is -0.508 e. The largest absolute Gasteiger partial charge is 0.508 e. The highest BCUT2D eigenvalue weighted by molar-refractivity contribution is 6.24. The molecule has 3 aliphatic rings. The van der Waals surface area contributed by atoms with E-state index in [-0.39, 0.29) is 66.1 Å². The van der Waals surface area contributed by atoms with Crippen molar-refractivity contribution in [2.45, 2.75) is 99.5 Å². The molecule has 0 spiro atoms. The fourth-order valence-corrected chi connectivity index (χ4v) is 8.12. The lowest BCUT2D eigenvalue weighted by atomic mass is 9.43. The Labute approximate surface area is 247 Å². The summed E-state index contributed by atoms with van der Waals surface area (Å²) in [5.74, 6) is -5.54. The molecule has 1 fully saturated rings. The monoisotopic (exact) mass is 580 g/mol. The molecule has 0 heterocycles. The lowest BCUT2D eigenvalue weighted by molar-refractivity contribution is -0.178. The second-order valence-corrected chi connectivity index (χ2v) is 14.1. The van der Waals surface area contributed by atoms with Gasteiger partial charge in [0.2, 0.25) is 5.78 Å². The van der Waals surface area contributed by atoms with Crippen LogP contribution < -0.4 is 0 Å². The molecule has 4 atom stereocenters. The van der Waals surface area contributed by atoms with Gasteiger partial charge in [-0.25, -0.2) is 0 Å². The number of aryl methyl sites for hydroxylation is 1. The van der Waals surface area contributed by atoms with Crippen LogP contribution in [0.2, 0.25) is 0 Å². The van der Waals surface area contributed by atoms with Crippen LogP contribution in [0.1, 0.15) is 103 Å². The van der Waals surface area contributed by atoms with Crippen molar-refractivity contribution < 1.29 is 39.6 Å². The van der Waals surface area contributed by atoms with E-state index in [4.69, 9.17) is 0 Å². The summed E-state index contributed by atoms with van der Waals surface area (Å²) in [5, 5.41) is 46.8. The molecular formula is C34H44O8. The van der Waals surface area contributed by atoms with Gasteiger partial charge in [0.15, 0.2) is 17.2 Å². The van der Waals surface area contributed by atoms with E-state index in [1.165, 1.54) is 0 Å². The van der Waals surface area contributed by atoms with E-state index in [0.717, 1.165) is 12.5 Å². The third-order valence-electron chi connectivity index (χ3n) is 10.0. The highest BCUT2D eigenvalue weighted by Gasteiger charge is 2.72. The van der Waals surface area contributed by atoms with Crippen molar-refractivity contribution >= 4 is 28.9 Å². The molecule has 8 nitrogen and oxygen atoms in total. The van der Waals surface area contributed by atoms with E-state index in [2.05, 4.69) is 0 Å². The van der Waals surface area contributed by atoms with E-state index in [1.807, 2.05) is 33.8 Å². The van der Waals surface area contributed by atoms with Gasteiger partial charge >= 0.3 is 0 Å². The predicted octanol–water partition coefficient (Wildman–Crippen LogP) is 5.47. The van der Waals surface area contributed by atoms with Crippen LogP contribution in [0.25, 0.3) is 5.76 Å². The maximum atomic E-state index is 14.5. The Kier molecular flexibility index (Phi) is 7.68. The second kappa shape index (κ2) is 10.2. The Morgan fingerprint density at radius 2 is 1.62 bits per heavy atom. The normalized spacial score (nSPS) is 29.3. The zero-order valence-electron chi connectivity index (χ0n) is 26.1. The number of phenolic OH excluding ortho intramolecular Hbond substituents is 1. The number of hydrogen-bond donors (Lipinski definition) is 4. The number of hydrogen-bond acceptors (Lipinski definition) is 8. The Morgan fingerprint density at radius 3 is 2.12 bits per heavy atom. The molecule has 8 heteroatoms. The van der Waals surface area contributed by atoms with Gasteiger partial charge in [-0.15, -0.1) is 0 Å². The topological polar surface area (TPSA) is 149 Å². The van der Waals surface area contributed by atoms with Gasteiger partial charge < -0.3 is 20.4 Å². The van der Waals surface area contributed by atoms with E-state index >= 15 is 0 Å². The zero-order chi connectivity index (χ0) is 31.9. The summed E-state index contributed by atoms with van der Waals surface area (Å²) in [6.45, 7) is 15.7. The van der Waals surface area contributed by atoms with E-state index in [1.54, 1.807) is 27.7 Å². The summed E-state index contributed by atoms with van der Waals surface area (Å²) < 4.78 is 0. The third kappa shape index (κ3) is 4.20. The van der Waals surface area contributed by atoms with Crippen molar-refractivity contribution in [2.24, 2.45) is 28.6 Å². The highest BCUT2D eigenvalue weighted by Crippen LogP contribution is 2.65. The number of benzene rings is 1. The molecule has 4 rings (SSSR count). The van der Waals surface area contributed by atoms with Crippen LogP contribution in [-0.4, -0.2) is 49.2 Å². The van der Waals surface area contributed by atoms with Crippen LogP contribution in [0.5, 0.6) is 5.75 Å². The van der Waals surface area contributed by atoms with E-state index in [0.29, 0.717) is 11.1 Å². The van der Waals surface area contributed by atoms with Crippen molar-refractivity contribution in [3.8, 4) is 5.75 Å². The summed E-state index contributed by atoms with van der Waals surface area (Å²) >= 11 is 0. The number of carbonyl (C=O) groups is 4. The molecule has 0 bridgehead atoms. The van der Waals surface area contributed by atoms with Crippen molar-refractivity contribution in [2.75, 3.05) is 0 Å². The Morgan fingerprint density at radius 1 is 1.02 bits per heavy atom. The predicted molar refractivity (Wildman–Crippen MR) is 158 cm³/mol. The van der Waals surface area contributed by atoms with Gasteiger partial charge in [-0.1, -0.05) is 61.5 Å². The fourth-order valence-electron chi connectivity index (χ4n) is 8.12. The maximum absolute atomic E-state index is 14.5. The molecule has 1 aromatic carbocycles. The summed E-state index contributed by atoms with van der Waals surface area (Å²) in [7, 11) is 0. The van der Waals surface area contributed by atoms with Crippen molar-refractivity contribution in [3.63, 3.8) is 0 Å². The van der Waals surface area contributed by atoms with Crippen molar-refractivity contribution in [3.05, 3.63) is 45.2 Å². The standard InChI is InChI=1S/C34H44O8/c1-15(2)20-12-19(10-11-22(36)16(3)4)27(37)24-21(20)13-32(8)14-33(9)25(17(5)6)28(38)23(18(7)35)30(40)34(33,42)31(41)26(32)29(24)39/h12,15-17,25,37,39-40,42H,10-11,13-14H2,1-9H3/t25?,32-,33-,34+/m1/s1. The molecule has 1 aromatic rings. The van der Waals surface area contributed by atoms with Crippen LogP contribution >= 0.6 is 0 Å². The van der Waals surface area contributed by atoms with E-state index < -0.39 is 56.8 Å². The number of aromatic hydroxyl groups is 1. The van der Waals surface area contributed by atoms with Gasteiger partial charge in [-0.2, -0.15) is 0 Å². The van der Waals surface area contributed by atoms with Gasteiger partial charge in [-0.05, 0) is 54.7 Å². The van der Waals surface area contributed by atoms with Crippen LogP contribution in [0.15, 0.2) is 23.0 Å². The van der Waals surface area contributed by atoms with Gasteiger partial charge in [0.1, 0.15) is 28.6 Å². The summed E-state index contributed by atoms with van der Waals surface area (Å²) in [6.07, 6.45) is 0.725. The van der Waals surface area contributed by atoms with E-state index in [9.17, 15) is 39.6 Å². The summed E-state index contributed by atoms with van der Waals surface area (Å²) in [6, 6.07) is 1.87. The van der Waals surface area contributed by atoms with Crippen LogP contribution in [0, 0.1) is 28.6 Å². The smallest absolute Gasteiger partial charge is 0.203 e. The first kappa shape index (κ1) is 31.7. The third-order valence-corrected chi connectivity index (χ3v) is 10.0. The molecule has 0 radical (unpaired) electrons. The van der Waals surface area contributed by atoms with Crippen LogP contribution in [-0.2, 0) is 32.0 Å². The number of rotatable bonds is 7. The molecule has 228 valence electrons. The summed E-state index contributed by atoms with van der Waals surface area (Å²) in [4.78, 5) is 53.1. The number of carbonyl (C=O) groups excluding carboxylic acids is 4. The maximum Gasteiger partial charge on any atom is 0.203 e. The Balaban J connectivity index is 2.03. The van der Waals surface area contributed by atoms with Gasteiger partial charge in [0.05, 0.1) is 5.56 Å². The molecule has 3 aliphatic carbocycles. The molecular weight excluding hydrogens is 536 g/mol. The molecule has 1 unspecified atom stereocenters. The molecule has 0 aromatic heterocycles. The van der Waals surface area contributed by atoms with Crippen molar-refractivity contribution in [1.29, 1.82) is 0 Å². The van der Waals surface area contributed by atoms with Crippen molar-refractivity contribution in [1.82, 2.24) is 0 Å². The number of aliphatic hydroxyl groups excluding tert-OH is 2. The Bertz CT molecular complexity index is 1470. The quantitative estimate of drug-likeness (QED) is 0.310. The lowest BCUT2D eigenvalue weighted by Gasteiger charge is -2.60. The molecule has 42 heavy (non-hydrogen) atoms. The number of allylic oxidation sites excluding steroid dienone is 1. The minimum atomic E-state index is -2.64. The van der Waals surface area contributed by atoms with Crippen LogP contribution in [0.4, 0.5) is 0 Å². The number of fused-ring (bicyclic) bond motifs is 3.